The highest BCUT2D eigenvalue weighted by Gasteiger charge is 2.15. The number of aryl methyl sites for hydroxylation is 2. The molecule has 0 radical (unpaired) electrons. The zero-order valence-corrected chi connectivity index (χ0v) is 16.0. The minimum atomic E-state index is -0.488. The number of hydrogen-bond acceptors (Lipinski definition) is 5. The maximum Gasteiger partial charge on any atom is 0.266 e. The molecule has 0 saturated carbocycles. The van der Waals surface area contributed by atoms with Gasteiger partial charge in [-0.05, 0) is 38.0 Å². The molecule has 1 heterocycles. The van der Waals surface area contributed by atoms with Gasteiger partial charge < -0.3 is 5.32 Å². The molecule has 7 heteroatoms. The largest absolute Gasteiger partial charge is 0.321 e. The molecular weight excluding hydrogens is 348 g/mol. The van der Waals surface area contributed by atoms with Gasteiger partial charge in [0.1, 0.15) is 11.6 Å². The van der Waals surface area contributed by atoms with Crippen molar-refractivity contribution in [1.82, 2.24) is 4.98 Å². The standard InChI is InChI=1S/C19H20N4O2S/c1-5-23(14(4)24)19-21-16(11-26-19)9-15(10-20)18(25)22-17-12(2)7-6-8-13(17)3/h6-9,11H,5H2,1-4H3,(H,22,25)/b15-9+. The summed E-state index contributed by atoms with van der Waals surface area (Å²) in [6, 6.07) is 7.62. The highest BCUT2D eigenvalue weighted by molar-refractivity contribution is 7.14. The van der Waals surface area contributed by atoms with Gasteiger partial charge in [-0.3, -0.25) is 14.5 Å². The molecule has 0 fully saturated rings. The first-order valence-corrected chi connectivity index (χ1v) is 8.98. The smallest absolute Gasteiger partial charge is 0.266 e. The van der Waals surface area contributed by atoms with Crippen molar-refractivity contribution in [2.75, 3.05) is 16.8 Å². The van der Waals surface area contributed by atoms with Crippen LogP contribution >= 0.6 is 11.3 Å². The maximum absolute atomic E-state index is 12.5. The van der Waals surface area contributed by atoms with Crippen molar-refractivity contribution in [3.8, 4) is 6.07 Å². The Morgan fingerprint density at radius 2 is 2.00 bits per heavy atom. The van der Waals surface area contributed by atoms with E-state index in [1.165, 1.54) is 29.2 Å². The predicted molar refractivity (Wildman–Crippen MR) is 104 cm³/mol. The molecule has 1 N–H and O–H groups in total. The van der Waals surface area contributed by atoms with E-state index in [4.69, 9.17) is 0 Å². The van der Waals surface area contributed by atoms with Crippen LogP contribution in [0.1, 0.15) is 30.7 Å². The van der Waals surface area contributed by atoms with E-state index in [1.807, 2.05) is 45.0 Å². The van der Waals surface area contributed by atoms with Gasteiger partial charge in [-0.15, -0.1) is 11.3 Å². The molecule has 0 spiro atoms. The van der Waals surface area contributed by atoms with Crippen molar-refractivity contribution in [1.29, 1.82) is 5.26 Å². The highest BCUT2D eigenvalue weighted by Crippen LogP contribution is 2.23. The molecule has 6 nitrogen and oxygen atoms in total. The lowest BCUT2D eigenvalue weighted by Gasteiger charge is -2.14. The van der Waals surface area contributed by atoms with Crippen LogP contribution in [0.15, 0.2) is 29.2 Å². The summed E-state index contributed by atoms with van der Waals surface area (Å²) in [6.07, 6.45) is 1.43. The third kappa shape index (κ3) is 4.35. The predicted octanol–water partition coefficient (Wildman–Crippen LogP) is 3.68. The van der Waals surface area contributed by atoms with Crippen molar-refractivity contribution in [2.45, 2.75) is 27.7 Å². The summed E-state index contributed by atoms with van der Waals surface area (Å²) in [5.41, 5.74) is 2.97. The molecule has 0 aliphatic rings. The second-order valence-corrected chi connectivity index (χ2v) is 6.55. The zero-order chi connectivity index (χ0) is 19.3. The van der Waals surface area contributed by atoms with Crippen molar-refractivity contribution in [2.24, 2.45) is 0 Å². The summed E-state index contributed by atoms with van der Waals surface area (Å²) >= 11 is 1.29. The summed E-state index contributed by atoms with van der Waals surface area (Å²) in [6.45, 7) is 7.62. The van der Waals surface area contributed by atoms with Gasteiger partial charge >= 0.3 is 0 Å². The summed E-state index contributed by atoms with van der Waals surface area (Å²) < 4.78 is 0. The van der Waals surface area contributed by atoms with E-state index < -0.39 is 5.91 Å². The third-order valence-electron chi connectivity index (χ3n) is 3.81. The number of rotatable bonds is 5. The number of anilines is 2. The van der Waals surface area contributed by atoms with Gasteiger partial charge in [0.05, 0.1) is 5.69 Å². The molecule has 0 bridgehead atoms. The molecule has 1 aromatic carbocycles. The summed E-state index contributed by atoms with van der Waals surface area (Å²) in [5.74, 6) is -0.593. The fourth-order valence-electron chi connectivity index (χ4n) is 2.45. The van der Waals surface area contributed by atoms with Gasteiger partial charge in [0.25, 0.3) is 5.91 Å². The van der Waals surface area contributed by atoms with E-state index in [0.717, 1.165) is 11.1 Å². The van der Waals surface area contributed by atoms with Gasteiger partial charge in [-0.2, -0.15) is 5.26 Å². The molecule has 1 aromatic heterocycles. The van der Waals surface area contributed by atoms with E-state index >= 15 is 0 Å². The first-order chi connectivity index (χ1) is 12.4. The molecule has 0 unspecified atom stereocenters. The van der Waals surface area contributed by atoms with Crippen molar-refractivity contribution < 1.29 is 9.59 Å². The van der Waals surface area contributed by atoms with Crippen molar-refractivity contribution >= 4 is 40.0 Å². The van der Waals surface area contributed by atoms with Crippen LogP contribution < -0.4 is 10.2 Å². The van der Waals surface area contributed by atoms with Crippen molar-refractivity contribution in [3.05, 3.63) is 46.0 Å². The first kappa shape index (κ1) is 19.3. The highest BCUT2D eigenvalue weighted by atomic mass is 32.1. The van der Waals surface area contributed by atoms with Gasteiger partial charge in [0, 0.05) is 24.5 Å². The van der Waals surface area contributed by atoms with E-state index in [-0.39, 0.29) is 11.5 Å². The number of thiazole rings is 1. The number of carbonyl (C=O) groups excluding carboxylic acids is 2. The maximum atomic E-state index is 12.5. The number of para-hydroxylation sites is 1. The molecule has 0 aliphatic heterocycles. The summed E-state index contributed by atoms with van der Waals surface area (Å²) in [5, 5.41) is 14.4. The Labute approximate surface area is 156 Å². The fourth-order valence-corrected chi connectivity index (χ4v) is 3.34. The minimum Gasteiger partial charge on any atom is -0.321 e. The monoisotopic (exact) mass is 368 g/mol. The van der Waals surface area contributed by atoms with E-state index in [9.17, 15) is 14.9 Å². The van der Waals surface area contributed by atoms with Crippen LogP contribution in [0.4, 0.5) is 10.8 Å². The van der Waals surface area contributed by atoms with E-state index in [0.29, 0.717) is 23.1 Å². The average molecular weight is 368 g/mol. The summed E-state index contributed by atoms with van der Waals surface area (Å²) in [4.78, 5) is 29.9. The number of amides is 2. The second kappa shape index (κ2) is 8.41. The SMILES string of the molecule is CCN(C(C)=O)c1nc(/C=C(\C#N)C(=O)Nc2c(C)cccc2C)cs1. The van der Waals surface area contributed by atoms with E-state index in [1.54, 1.807) is 5.38 Å². The number of carbonyl (C=O) groups is 2. The molecule has 2 aromatic rings. The quantitative estimate of drug-likeness (QED) is 0.644. The van der Waals surface area contributed by atoms with Crippen molar-refractivity contribution in [3.63, 3.8) is 0 Å². The summed E-state index contributed by atoms with van der Waals surface area (Å²) in [7, 11) is 0. The Hall–Kier alpha value is -2.98. The van der Waals surface area contributed by atoms with Crippen LogP contribution in [-0.4, -0.2) is 23.3 Å². The normalized spacial score (nSPS) is 11.0. The Morgan fingerprint density at radius 3 is 2.54 bits per heavy atom. The minimum absolute atomic E-state index is 0.0459. The molecular formula is C19H20N4O2S. The van der Waals surface area contributed by atoms with Gasteiger partial charge in [-0.1, -0.05) is 18.2 Å². The number of benzene rings is 1. The topological polar surface area (TPSA) is 86.1 Å². The van der Waals surface area contributed by atoms with Crippen LogP contribution in [-0.2, 0) is 9.59 Å². The van der Waals surface area contributed by atoms with Gasteiger partial charge in [0.15, 0.2) is 5.13 Å². The van der Waals surface area contributed by atoms with Gasteiger partial charge in [-0.25, -0.2) is 4.98 Å². The number of nitriles is 1. The van der Waals surface area contributed by atoms with Crippen LogP contribution in [0.3, 0.4) is 0 Å². The molecule has 26 heavy (non-hydrogen) atoms. The third-order valence-corrected chi connectivity index (χ3v) is 4.70. The second-order valence-electron chi connectivity index (χ2n) is 5.71. The van der Waals surface area contributed by atoms with Crippen LogP contribution in [0.2, 0.25) is 0 Å². The Kier molecular flexibility index (Phi) is 6.26. The van der Waals surface area contributed by atoms with Crippen LogP contribution in [0, 0.1) is 25.2 Å². The molecule has 0 atom stereocenters. The number of nitrogens with zero attached hydrogens (tertiary/aromatic N) is 3. The molecule has 0 saturated heterocycles. The zero-order valence-electron chi connectivity index (χ0n) is 15.2. The van der Waals surface area contributed by atoms with Crippen LogP contribution in [0.25, 0.3) is 6.08 Å². The van der Waals surface area contributed by atoms with Gasteiger partial charge in [0.2, 0.25) is 5.91 Å². The Bertz CT molecular complexity index is 888. The number of hydrogen-bond donors (Lipinski definition) is 1. The lowest BCUT2D eigenvalue weighted by Crippen LogP contribution is -2.27. The Morgan fingerprint density at radius 1 is 1.35 bits per heavy atom. The molecule has 134 valence electrons. The Balaban J connectivity index is 2.25. The molecule has 2 amide bonds. The lowest BCUT2D eigenvalue weighted by molar-refractivity contribution is -0.116. The average Bonchev–Trinajstić information content (AvgIpc) is 3.04. The number of nitrogens with one attached hydrogen (secondary N) is 1. The fraction of sp³-hybridized carbons (Fsp3) is 0.263. The lowest BCUT2D eigenvalue weighted by atomic mass is 10.1. The molecule has 2 rings (SSSR count). The molecule has 0 aliphatic carbocycles. The van der Waals surface area contributed by atoms with Crippen LogP contribution in [0.5, 0.6) is 0 Å². The number of aromatic nitrogens is 1. The first-order valence-electron chi connectivity index (χ1n) is 8.10. The van der Waals surface area contributed by atoms with E-state index in [2.05, 4.69) is 10.3 Å².